The number of halogens is 1. The predicted molar refractivity (Wildman–Crippen MR) is 94.1 cm³/mol. The number of nitrogens with zero attached hydrogens (tertiary/aromatic N) is 3. The van der Waals surface area contributed by atoms with Gasteiger partial charge in [0.15, 0.2) is 5.75 Å². The van der Waals surface area contributed by atoms with Gasteiger partial charge >= 0.3 is 5.69 Å². The molecule has 25 heavy (non-hydrogen) atoms. The van der Waals surface area contributed by atoms with Gasteiger partial charge in [0.05, 0.1) is 11.5 Å². The number of thioether (sulfide) groups is 1. The molecule has 1 aromatic heterocycles. The van der Waals surface area contributed by atoms with Crippen LogP contribution < -0.4 is 4.74 Å². The second-order valence-corrected chi connectivity index (χ2v) is 6.28. The molecular formula is C16H12ClN3O4S. The van der Waals surface area contributed by atoms with E-state index in [-0.39, 0.29) is 18.0 Å². The molecule has 0 amide bonds. The molecule has 9 heteroatoms. The third kappa shape index (κ3) is 4.49. The number of rotatable bonds is 7. The van der Waals surface area contributed by atoms with Gasteiger partial charge in [-0.3, -0.25) is 10.1 Å². The lowest BCUT2D eigenvalue weighted by molar-refractivity contribution is -0.385. The second-order valence-electron chi connectivity index (χ2n) is 4.80. The van der Waals surface area contributed by atoms with Gasteiger partial charge in [-0.1, -0.05) is 35.5 Å². The molecule has 2 aromatic carbocycles. The van der Waals surface area contributed by atoms with Crippen LogP contribution in [0.25, 0.3) is 11.5 Å². The van der Waals surface area contributed by atoms with Gasteiger partial charge in [-0.2, -0.15) is 0 Å². The topological polar surface area (TPSA) is 91.3 Å². The van der Waals surface area contributed by atoms with E-state index in [1.807, 2.05) is 0 Å². The summed E-state index contributed by atoms with van der Waals surface area (Å²) < 4.78 is 11.0. The van der Waals surface area contributed by atoms with Crippen LogP contribution >= 0.6 is 23.4 Å². The first-order chi connectivity index (χ1) is 12.1. The number of hydrogen-bond acceptors (Lipinski definition) is 7. The molecule has 1 heterocycles. The standard InChI is InChI=1S/C16H12ClN3O4S/c17-12-7-5-11(6-8-12)15-18-19-16(24-15)25-10-9-23-14-4-2-1-3-13(14)20(21)22/h1-8H,9-10H2. The number of benzene rings is 2. The van der Waals surface area contributed by atoms with Crippen molar-refractivity contribution in [2.75, 3.05) is 12.4 Å². The number of nitro benzene ring substituents is 1. The fraction of sp³-hybridized carbons (Fsp3) is 0.125. The molecule has 0 aliphatic heterocycles. The molecule has 128 valence electrons. The van der Waals surface area contributed by atoms with Crippen LogP contribution in [0.3, 0.4) is 0 Å². The summed E-state index contributed by atoms with van der Waals surface area (Å²) in [5.41, 5.74) is 0.718. The highest BCUT2D eigenvalue weighted by atomic mass is 35.5. The molecular weight excluding hydrogens is 366 g/mol. The van der Waals surface area contributed by atoms with Crippen LogP contribution in [0.1, 0.15) is 0 Å². The largest absolute Gasteiger partial charge is 0.486 e. The van der Waals surface area contributed by atoms with E-state index in [9.17, 15) is 10.1 Å². The molecule has 7 nitrogen and oxygen atoms in total. The van der Waals surface area contributed by atoms with Crippen molar-refractivity contribution < 1.29 is 14.1 Å². The molecule has 0 saturated heterocycles. The summed E-state index contributed by atoms with van der Waals surface area (Å²) in [4.78, 5) is 10.4. The Labute approximate surface area is 152 Å². The fourth-order valence-corrected chi connectivity index (χ4v) is 2.69. The van der Waals surface area contributed by atoms with Crippen LogP contribution in [-0.4, -0.2) is 27.5 Å². The maximum atomic E-state index is 10.9. The third-order valence-electron chi connectivity index (χ3n) is 3.13. The Morgan fingerprint density at radius 3 is 2.68 bits per heavy atom. The molecule has 0 aliphatic carbocycles. The van der Waals surface area contributed by atoms with Crippen LogP contribution in [0.15, 0.2) is 58.2 Å². The Hall–Kier alpha value is -2.58. The van der Waals surface area contributed by atoms with E-state index in [4.69, 9.17) is 20.8 Å². The highest BCUT2D eigenvalue weighted by molar-refractivity contribution is 7.99. The van der Waals surface area contributed by atoms with E-state index >= 15 is 0 Å². The highest BCUT2D eigenvalue weighted by Gasteiger charge is 2.14. The van der Waals surface area contributed by atoms with E-state index in [2.05, 4.69) is 10.2 Å². The average molecular weight is 378 g/mol. The second kappa shape index (κ2) is 8.00. The first-order valence-electron chi connectivity index (χ1n) is 7.22. The van der Waals surface area contributed by atoms with Crippen LogP contribution in [0, 0.1) is 10.1 Å². The predicted octanol–water partition coefficient (Wildman–Crippen LogP) is 4.47. The van der Waals surface area contributed by atoms with Gasteiger partial charge in [0.2, 0.25) is 5.89 Å². The number of hydrogen-bond donors (Lipinski definition) is 0. The molecule has 0 atom stereocenters. The highest BCUT2D eigenvalue weighted by Crippen LogP contribution is 2.27. The van der Waals surface area contributed by atoms with E-state index in [0.29, 0.717) is 21.9 Å². The van der Waals surface area contributed by atoms with Crippen molar-refractivity contribution >= 4 is 29.1 Å². The van der Waals surface area contributed by atoms with Gasteiger partial charge in [0.25, 0.3) is 5.22 Å². The summed E-state index contributed by atoms with van der Waals surface area (Å²) in [7, 11) is 0. The Balaban J connectivity index is 1.53. The average Bonchev–Trinajstić information content (AvgIpc) is 3.08. The Morgan fingerprint density at radius 1 is 1.16 bits per heavy atom. The molecule has 0 bridgehead atoms. The summed E-state index contributed by atoms with van der Waals surface area (Å²) >= 11 is 7.15. The maximum Gasteiger partial charge on any atom is 0.310 e. The zero-order valence-electron chi connectivity index (χ0n) is 12.8. The van der Waals surface area contributed by atoms with Crippen molar-refractivity contribution in [3.8, 4) is 17.2 Å². The smallest absolute Gasteiger partial charge is 0.310 e. The minimum absolute atomic E-state index is 0.0599. The van der Waals surface area contributed by atoms with Gasteiger partial charge in [-0.05, 0) is 30.3 Å². The fourth-order valence-electron chi connectivity index (χ4n) is 1.99. The zero-order valence-corrected chi connectivity index (χ0v) is 14.4. The number of para-hydroxylation sites is 2. The third-order valence-corrected chi connectivity index (χ3v) is 4.16. The molecule has 3 aromatic rings. The van der Waals surface area contributed by atoms with E-state index < -0.39 is 4.92 Å². The van der Waals surface area contributed by atoms with Crippen LogP contribution in [0.2, 0.25) is 5.02 Å². The lowest BCUT2D eigenvalue weighted by Crippen LogP contribution is -2.02. The molecule has 3 rings (SSSR count). The van der Waals surface area contributed by atoms with E-state index in [1.165, 1.54) is 17.8 Å². The van der Waals surface area contributed by atoms with Crippen molar-refractivity contribution in [2.45, 2.75) is 5.22 Å². The van der Waals surface area contributed by atoms with Crippen molar-refractivity contribution in [2.24, 2.45) is 0 Å². The van der Waals surface area contributed by atoms with Gasteiger partial charge in [0, 0.05) is 22.4 Å². The monoisotopic (exact) mass is 377 g/mol. The lowest BCUT2D eigenvalue weighted by Gasteiger charge is -2.05. The van der Waals surface area contributed by atoms with Crippen molar-refractivity contribution in [3.63, 3.8) is 0 Å². The summed E-state index contributed by atoms with van der Waals surface area (Å²) in [5.74, 6) is 1.15. The van der Waals surface area contributed by atoms with Crippen LogP contribution in [-0.2, 0) is 0 Å². The number of aromatic nitrogens is 2. The number of nitro groups is 1. The first kappa shape index (κ1) is 17.2. The molecule has 0 fully saturated rings. The van der Waals surface area contributed by atoms with Gasteiger partial charge in [-0.15, -0.1) is 10.2 Å². The van der Waals surface area contributed by atoms with Crippen molar-refractivity contribution in [3.05, 3.63) is 63.7 Å². The zero-order chi connectivity index (χ0) is 17.6. The summed E-state index contributed by atoms with van der Waals surface area (Å²) in [6.45, 7) is 0.272. The molecule has 0 aliphatic rings. The van der Waals surface area contributed by atoms with Gasteiger partial charge in [-0.25, -0.2) is 0 Å². The molecule has 0 spiro atoms. The molecule has 0 radical (unpaired) electrons. The van der Waals surface area contributed by atoms with Crippen molar-refractivity contribution in [1.29, 1.82) is 0 Å². The Morgan fingerprint density at radius 2 is 1.92 bits per heavy atom. The summed E-state index contributed by atoms with van der Waals surface area (Å²) in [6, 6.07) is 13.3. The summed E-state index contributed by atoms with van der Waals surface area (Å²) in [5, 5.41) is 19.9. The molecule has 0 unspecified atom stereocenters. The Kier molecular flexibility index (Phi) is 5.52. The molecule has 0 saturated carbocycles. The van der Waals surface area contributed by atoms with Crippen molar-refractivity contribution in [1.82, 2.24) is 10.2 Å². The van der Waals surface area contributed by atoms with Crippen LogP contribution in [0.4, 0.5) is 5.69 Å². The number of ether oxygens (including phenoxy) is 1. The normalized spacial score (nSPS) is 10.6. The summed E-state index contributed by atoms with van der Waals surface area (Å²) in [6.07, 6.45) is 0. The molecule has 0 N–H and O–H groups in total. The Bertz CT molecular complexity index is 870. The SMILES string of the molecule is O=[N+]([O-])c1ccccc1OCCSc1nnc(-c2ccc(Cl)cc2)o1. The van der Waals surface area contributed by atoms with Gasteiger partial charge in [0.1, 0.15) is 0 Å². The van der Waals surface area contributed by atoms with E-state index in [1.54, 1.807) is 42.5 Å². The quantitative estimate of drug-likeness (QED) is 0.259. The minimum Gasteiger partial charge on any atom is -0.486 e. The first-order valence-corrected chi connectivity index (χ1v) is 8.58. The van der Waals surface area contributed by atoms with E-state index in [0.717, 1.165) is 5.56 Å². The maximum absolute atomic E-state index is 10.9. The van der Waals surface area contributed by atoms with Gasteiger partial charge < -0.3 is 9.15 Å². The minimum atomic E-state index is -0.473. The lowest BCUT2D eigenvalue weighted by atomic mass is 10.2. The van der Waals surface area contributed by atoms with Crippen LogP contribution in [0.5, 0.6) is 5.75 Å².